The summed E-state index contributed by atoms with van der Waals surface area (Å²) in [5.41, 5.74) is 5.81. The van der Waals surface area contributed by atoms with Crippen LogP contribution in [0, 0.1) is 13.8 Å². The van der Waals surface area contributed by atoms with Crippen molar-refractivity contribution >= 4 is 46.9 Å². The molecule has 10 nitrogen and oxygen atoms in total. The number of hydrazone groups is 1. The second-order valence-corrected chi connectivity index (χ2v) is 9.71. The van der Waals surface area contributed by atoms with E-state index in [-0.39, 0.29) is 29.0 Å². The van der Waals surface area contributed by atoms with Crippen LogP contribution in [0.1, 0.15) is 43.4 Å². The molecule has 3 rings (SSSR count). The lowest BCUT2D eigenvalue weighted by atomic mass is 10.1. The van der Waals surface area contributed by atoms with Crippen molar-refractivity contribution in [3.63, 3.8) is 0 Å². The summed E-state index contributed by atoms with van der Waals surface area (Å²) in [6.07, 6.45) is 3.28. The molecule has 0 atom stereocenters. The molecular formula is C31H35ClN4O6. The maximum Gasteiger partial charge on any atom is 0.329 e. The van der Waals surface area contributed by atoms with Crippen LogP contribution in [0.3, 0.4) is 0 Å². The van der Waals surface area contributed by atoms with Crippen molar-refractivity contribution in [3.8, 4) is 17.2 Å². The number of nitrogens with one attached hydrogen (secondary N) is 3. The van der Waals surface area contributed by atoms with Gasteiger partial charge in [-0.2, -0.15) is 5.10 Å². The fraction of sp³-hybridized carbons (Fsp3) is 0.290. The number of anilines is 2. The Morgan fingerprint density at radius 3 is 2.36 bits per heavy atom. The van der Waals surface area contributed by atoms with Gasteiger partial charge >= 0.3 is 11.8 Å². The minimum absolute atomic E-state index is 0.174. The molecule has 0 radical (unpaired) electrons. The Morgan fingerprint density at radius 2 is 1.67 bits per heavy atom. The summed E-state index contributed by atoms with van der Waals surface area (Å²) >= 11 is 6.43. The molecule has 222 valence electrons. The molecule has 0 spiro atoms. The van der Waals surface area contributed by atoms with E-state index in [1.54, 1.807) is 37.3 Å². The normalized spacial score (nSPS) is 10.7. The molecule has 42 heavy (non-hydrogen) atoms. The first kappa shape index (κ1) is 32.0. The highest BCUT2D eigenvalue weighted by Crippen LogP contribution is 2.36. The largest absolute Gasteiger partial charge is 0.494 e. The number of aryl methyl sites for hydroxylation is 2. The molecule has 0 unspecified atom stereocenters. The van der Waals surface area contributed by atoms with Crippen molar-refractivity contribution in [1.29, 1.82) is 0 Å². The van der Waals surface area contributed by atoms with Gasteiger partial charge in [-0.3, -0.25) is 14.4 Å². The summed E-state index contributed by atoms with van der Waals surface area (Å²) in [5.74, 6) is -1.04. The highest BCUT2D eigenvalue weighted by Gasteiger charge is 2.16. The summed E-state index contributed by atoms with van der Waals surface area (Å²) in [4.78, 5) is 37.0. The van der Waals surface area contributed by atoms with E-state index in [1.807, 2.05) is 32.0 Å². The van der Waals surface area contributed by atoms with E-state index in [0.29, 0.717) is 35.9 Å². The lowest BCUT2D eigenvalue weighted by molar-refractivity contribution is -0.136. The summed E-state index contributed by atoms with van der Waals surface area (Å²) in [5, 5.41) is 9.33. The first-order valence-electron chi connectivity index (χ1n) is 13.5. The molecule has 0 bridgehead atoms. The Kier molecular flexibility index (Phi) is 12.2. The molecule has 3 N–H and O–H groups in total. The van der Waals surface area contributed by atoms with Crippen molar-refractivity contribution in [3.05, 3.63) is 76.3 Å². The molecule has 0 aliphatic rings. The van der Waals surface area contributed by atoms with E-state index in [2.05, 4.69) is 28.1 Å². The highest BCUT2D eigenvalue weighted by molar-refractivity contribution is 6.39. The Hall–Kier alpha value is -4.57. The van der Waals surface area contributed by atoms with Gasteiger partial charge in [0, 0.05) is 11.4 Å². The van der Waals surface area contributed by atoms with Crippen LogP contribution in [0.2, 0.25) is 5.02 Å². The van der Waals surface area contributed by atoms with Crippen LogP contribution in [0.4, 0.5) is 11.4 Å². The van der Waals surface area contributed by atoms with E-state index in [1.165, 1.54) is 12.3 Å². The molecule has 3 aromatic carbocycles. The Labute approximate surface area is 250 Å². The molecule has 0 aliphatic carbocycles. The minimum atomic E-state index is -0.958. The molecule has 0 saturated heterocycles. The molecule has 11 heteroatoms. The maximum atomic E-state index is 12.5. The van der Waals surface area contributed by atoms with Crippen molar-refractivity contribution in [1.82, 2.24) is 5.43 Å². The van der Waals surface area contributed by atoms with Gasteiger partial charge in [0.25, 0.3) is 5.91 Å². The van der Waals surface area contributed by atoms with Crippen LogP contribution in [0.15, 0.2) is 59.7 Å². The number of benzene rings is 3. The average molecular weight is 595 g/mol. The van der Waals surface area contributed by atoms with Crippen LogP contribution in [-0.4, -0.2) is 43.8 Å². The Balaban J connectivity index is 1.56. The zero-order valence-corrected chi connectivity index (χ0v) is 24.8. The second kappa shape index (κ2) is 16.0. The molecule has 3 amide bonds. The average Bonchev–Trinajstić information content (AvgIpc) is 2.95. The Bertz CT molecular complexity index is 1430. The molecule has 0 aromatic heterocycles. The van der Waals surface area contributed by atoms with Crippen LogP contribution in [0.25, 0.3) is 0 Å². The number of amides is 3. The number of ether oxygens (including phenoxy) is 3. The quantitative estimate of drug-likeness (QED) is 0.102. The van der Waals surface area contributed by atoms with Crippen LogP contribution < -0.4 is 30.3 Å². The zero-order chi connectivity index (χ0) is 30.5. The topological polar surface area (TPSA) is 127 Å². The molecule has 0 heterocycles. The van der Waals surface area contributed by atoms with E-state index < -0.39 is 11.8 Å². The summed E-state index contributed by atoms with van der Waals surface area (Å²) < 4.78 is 16.9. The smallest absolute Gasteiger partial charge is 0.329 e. The molecule has 0 fully saturated rings. The number of hydrogen-bond acceptors (Lipinski definition) is 7. The van der Waals surface area contributed by atoms with E-state index in [4.69, 9.17) is 25.8 Å². The van der Waals surface area contributed by atoms with Gasteiger partial charge < -0.3 is 24.8 Å². The number of hydrogen-bond donors (Lipinski definition) is 3. The summed E-state index contributed by atoms with van der Waals surface area (Å²) in [6, 6.07) is 15.5. The molecular weight excluding hydrogens is 560 g/mol. The number of unbranched alkanes of at least 4 members (excludes halogenated alkanes) is 1. The molecule has 0 saturated carbocycles. The third-order valence-corrected chi connectivity index (χ3v) is 6.08. The number of carbonyl (C=O) groups excluding carboxylic acids is 3. The van der Waals surface area contributed by atoms with E-state index in [0.717, 1.165) is 24.0 Å². The molecule has 0 aliphatic heterocycles. The monoisotopic (exact) mass is 594 g/mol. The van der Waals surface area contributed by atoms with Crippen LogP contribution in [0.5, 0.6) is 17.2 Å². The minimum Gasteiger partial charge on any atom is -0.494 e. The van der Waals surface area contributed by atoms with Gasteiger partial charge in [-0.05, 0) is 80.8 Å². The number of rotatable bonds is 13. The van der Waals surface area contributed by atoms with Crippen LogP contribution >= 0.6 is 11.6 Å². The SMILES string of the molecule is CCCCOc1ccc(NC(=O)C(=O)N/N=C\c2cc(Cl)c(OCC(=O)Nc3ccc(C)cc3C)c(OCC)c2)cc1. The number of halogens is 1. The predicted octanol–water partition coefficient (Wildman–Crippen LogP) is 5.64. The Morgan fingerprint density at radius 1 is 0.905 bits per heavy atom. The van der Waals surface area contributed by atoms with Gasteiger partial charge in [-0.15, -0.1) is 0 Å². The standard InChI is InChI=1S/C31H35ClN4O6/c1-5-7-14-41-24-11-9-23(10-12-24)34-30(38)31(39)36-33-18-22-16-25(32)29(27(17-22)40-6-2)42-19-28(37)35-26-13-8-20(3)15-21(26)4/h8-13,15-18H,5-7,14,19H2,1-4H3,(H,34,38)(H,35,37)(H,36,39)/b33-18-. The van der Waals surface area contributed by atoms with Crippen molar-refractivity contribution < 1.29 is 28.6 Å². The summed E-state index contributed by atoms with van der Waals surface area (Å²) in [6.45, 7) is 8.38. The number of carbonyl (C=O) groups is 3. The third kappa shape index (κ3) is 9.81. The van der Waals surface area contributed by atoms with Crippen LogP contribution in [-0.2, 0) is 14.4 Å². The molecule has 3 aromatic rings. The lowest BCUT2D eigenvalue weighted by Crippen LogP contribution is -2.32. The van der Waals surface area contributed by atoms with Gasteiger partial charge in [0.05, 0.1) is 24.5 Å². The van der Waals surface area contributed by atoms with Gasteiger partial charge in [0.15, 0.2) is 18.1 Å². The van der Waals surface area contributed by atoms with Gasteiger partial charge in [-0.1, -0.05) is 42.6 Å². The maximum absolute atomic E-state index is 12.5. The zero-order valence-electron chi connectivity index (χ0n) is 24.1. The van der Waals surface area contributed by atoms with E-state index >= 15 is 0 Å². The van der Waals surface area contributed by atoms with Crippen molar-refractivity contribution in [2.45, 2.75) is 40.5 Å². The fourth-order valence-electron chi connectivity index (χ4n) is 3.72. The second-order valence-electron chi connectivity index (χ2n) is 9.30. The predicted molar refractivity (Wildman–Crippen MR) is 164 cm³/mol. The number of nitrogens with zero attached hydrogens (tertiary/aromatic N) is 1. The first-order chi connectivity index (χ1) is 20.2. The van der Waals surface area contributed by atoms with Gasteiger partial charge in [0.2, 0.25) is 0 Å². The highest BCUT2D eigenvalue weighted by atomic mass is 35.5. The lowest BCUT2D eigenvalue weighted by Gasteiger charge is -2.15. The fourth-order valence-corrected chi connectivity index (χ4v) is 3.99. The summed E-state index contributed by atoms with van der Waals surface area (Å²) in [7, 11) is 0. The van der Waals surface area contributed by atoms with Crippen molar-refractivity contribution in [2.75, 3.05) is 30.5 Å². The van der Waals surface area contributed by atoms with Gasteiger partial charge in [-0.25, -0.2) is 5.43 Å². The third-order valence-electron chi connectivity index (χ3n) is 5.80. The van der Waals surface area contributed by atoms with Gasteiger partial charge in [0.1, 0.15) is 5.75 Å². The van der Waals surface area contributed by atoms with E-state index in [9.17, 15) is 14.4 Å². The first-order valence-corrected chi connectivity index (χ1v) is 13.9. The van der Waals surface area contributed by atoms with Crippen molar-refractivity contribution in [2.24, 2.45) is 5.10 Å².